The fourth-order valence-electron chi connectivity index (χ4n) is 2.69. The number of nitrogens with one attached hydrogen (secondary N) is 1. The van der Waals surface area contributed by atoms with E-state index in [4.69, 9.17) is 4.74 Å². The minimum atomic E-state index is -0.802. The van der Waals surface area contributed by atoms with E-state index in [0.29, 0.717) is 6.54 Å². The van der Waals surface area contributed by atoms with Gasteiger partial charge in [0.25, 0.3) is 5.91 Å². The summed E-state index contributed by atoms with van der Waals surface area (Å²) in [5, 5.41) is 13.9. The van der Waals surface area contributed by atoms with Crippen molar-refractivity contribution in [1.29, 1.82) is 5.26 Å². The number of rotatable bonds is 8. The standard InChI is InChI=1S/C20H23N3O3S/c1-4-7-23-14(2)9-16(15(23)3)10-17(11-21)20(25)26-13-19(24)22-12-18-6-5-8-27-18/h5-6,8-10H,4,7,12-13H2,1-3H3,(H,22,24)/b17-10+. The van der Waals surface area contributed by atoms with Crippen molar-refractivity contribution in [2.24, 2.45) is 0 Å². The van der Waals surface area contributed by atoms with Crippen molar-refractivity contribution in [1.82, 2.24) is 9.88 Å². The number of amides is 1. The predicted molar refractivity (Wildman–Crippen MR) is 105 cm³/mol. The monoisotopic (exact) mass is 385 g/mol. The van der Waals surface area contributed by atoms with E-state index in [-0.39, 0.29) is 5.57 Å². The van der Waals surface area contributed by atoms with Gasteiger partial charge in [-0.1, -0.05) is 13.0 Å². The number of hydrogen-bond donors (Lipinski definition) is 1. The quantitative estimate of drug-likeness (QED) is 0.429. The molecule has 0 saturated heterocycles. The highest BCUT2D eigenvalue weighted by atomic mass is 32.1. The number of carbonyl (C=O) groups excluding carboxylic acids is 2. The molecule has 27 heavy (non-hydrogen) atoms. The number of aromatic nitrogens is 1. The SMILES string of the molecule is CCCn1c(C)cc(/C=C(\C#N)C(=O)OCC(=O)NCc2cccs2)c1C. The largest absolute Gasteiger partial charge is 0.451 e. The summed E-state index contributed by atoms with van der Waals surface area (Å²) in [6.07, 6.45) is 2.51. The molecule has 0 saturated carbocycles. The Morgan fingerprint density at radius 2 is 2.19 bits per heavy atom. The molecule has 0 aliphatic carbocycles. The van der Waals surface area contributed by atoms with Gasteiger partial charge in [0.15, 0.2) is 6.61 Å². The van der Waals surface area contributed by atoms with Crippen molar-refractivity contribution in [2.75, 3.05) is 6.61 Å². The number of carbonyl (C=O) groups is 2. The summed E-state index contributed by atoms with van der Waals surface area (Å²) in [4.78, 5) is 25.0. The second-order valence-electron chi connectivity index (χ2n) is 6.08. The van der Waals surface area contributed by atoms with Crippen molar-refractivity contribution >= 4 is 29.3 Å². The molecule has 7 heteroatoms. The summed E-state index contributed by atoms with van der Waals surface area (Å²) in [5.41, 5.74) is 2.73. The van der Waals surface area contributed by atoms with E-state index in [1.807, 2.05) is 43.5 Å². The Balaban J connectivity index is 1.97. The van der Waals surface area contributed by atoms with E-state index < -0.39 is 18.5 Å². The van der Waals surface area contributed by atoms with E-state index in [1.165, 1.54) is 17.4 Å². The lowest BCUT2D eigenvalue weighted by Crippen LogP contribution is -2.28. The Morgan fingerprint density at radius 1 is 1.41 bits per heavy atom. The van der Waals surface area contributed by atoms with Crippen LogP contribution in [0.1, 0.15) is 35.2 Å². The Bertz CT molecular complexity index is 873. The van der Waals surface area contributed by atoms with Crippen LogP contribution in [0.2, 0.25) is 0 Å². The van der Waals surface area contributed by atoms with Crippen LogP contribution in [-0.4, -0.2) is 23.1 Å². The van der Waals surface area contributed by atoms with E-state index in [2.05, 4.69) is 16.8 Å². The topological polar surface area (TPSA) is 84.1 Å². The van der Waals surface area contributed by atoms with Gasteiger partial charge in [0.1, 0.15) is 11.6 Å². The molecule has 1 amide bonds. The first-order chi connectivity index (χ1) is 13.0. The van der Waals surface area contributed by atoms with Gasteiger partial charge in [0, 0.05) is 22.8 Å². The zero-order valence-electron chi connectivity index (χ0n) is 15.7. The van der Waals surface area contributed by atoms with Crippen LogP contribution in [0.3, 0.4) is 0 Å². The highest BCUT2D eigenvalue weighted by Gasteiger charge is 2.15. The first kappa shape index (κ1) is 20.5. The minimum absolute atomic E-state index is 0.127. The van der Waals surface area contributed by atoms with Crippen LogP contribution in [0.25, 0.3) is 6.08 Å². The summed E-state index contributed by atoms with van der Waals surface area (Å²) in [6, 6.07) is 7.60. The zero-order chi connectivity index (χ0) is 19.8. The molecule has 1 N–H and O–H groups in total. The molecule has 0 aliphatic heterocycles. The number of nitriles is 1. The van der Waals surface area contributed by atoms with Crippen LogP contribution in [0.15, 0.2) is 29.2 Å². The number of aryl methyl sites for hydroxylation is 1. The number of esters is 1. The smallest absolute Gasteiger partial charge is 0.349 e. The molecule has 6 nitrogen and oxygen atoms in total. The Labute approximate surface area is 163 Å². The molecule has 0 fully saturated rings. The second kappa shape index (κ2) is 9.74. The van der Waals surface area contributed by atoms with Gasteiger partial charge in [0.05, 0.1) is 6.54 Å². The van der Waals surface area contributed by atoms with Crippen molar-refractivity contribution in [3.63, 3.8) is 0 Å². The molecule has 2 aromatic rings. The average Bonchev–Trinajstić information content (AvgIpc) is 3.26. The molecule has 2 rings (SSSR count). The van der Waals surface area contributed by atoms with Crippen LogP contribution in [0, 0.1) is 25.2 Å². The maximum atomic E-state index is 12.1. The number of thiophene rings is 1. The fourth-order valence-corrected chi connectivity index (χ4v) is 3.34. The van der Waals surface area contributed by atoms with Gasteiger partial charge in [-0.2, -0.15) is 5.26 Å². The van der Waals surface area contributed by atoms with Gasteiger partial charge in [-0.25, -0.2) is 4.79 Å². The maximum Gasteiger partial charge on any atom is 0.349 e. The van der Waals surface area contributed by atoms with Gasteiger partial charge >= 0.3 is 5.97 Å². The molecule has 0 bridgehead atoms. The third-order valence-electron chi connectivity index (χ3n) is 4.07. The average molecular weight is 385 g/mol. The predicted octanol–water partition coefficient (Wildman–Crippen LogP) is 3.34. The fraction of sp³-hybridized carbons (Fsp3) is 0.350. The first-order valence-electron chi connectivity index (χ1n) is 8.71. The van der Waals surface area contributed by atoms with E-state index >= 15 is 0 Å². The summed E-state index contributed by atoms with van der Waals surface area (Å²) in [5.74, 6) is -1.21. The van der Waals surface area contributed by atoms with E-state index in [0.717, 1.165) is 34.8 Å². The molecule has 2 heterocycles. The zero-order valence-corrected chi connectivity index (χ0v) is 16.6. The molecular formula is C20H23N3O3S. The highest BCUT2D eigenvalue weighted by Crippen LogP contribution is 2.19. The lowest BCUT2D eigenvalue weighted by Gasteiger charge is -2.07. The van der Waals surface area contributed by atoms with E-state index in [1.54, 1.807) is 0 Å². The second-order valence-corrected chi connectivity index (χ2v) is 7.11. The summed E-state index contributed by atoms with van der Waals surface area (Å²) in [6.45, 7) is 6.88. The Morgan fingerprint density at radius 3 is 2.81 bits per heavy atom. The Hall–Kier alpha value is -2.85. The lowest BCUT2D eigenvalue weighted by molar-refractivity contribution is -0.144. The molecule has 0 atom stereocenters. The van der Waals surface area contributed by atoms with Crippen LogP contribution < -0.4 is 5.32 Å². The third kappa shape index (κ3) is 5.56. The minimum Gasteiger partial charge on any atom is -0.451 e. The molecule has 0 radical (unpaired) electrons. The summed E-state index contributed by atoms with van der Waals surface area (Å²) < 4.78 is 7.12. The van der Waals surface area contributed by atoms with Gasteiger partial charge in [-0.3, -0.25) is 4.79 Å². The van der Waals surface area contributed by atoms with Crippen molar-refractivity contribution in [2.45, 2.75) is 40.3 Å². The third-order valence-corrected chi connectivity index (χ3v) is 4.95. The lowest BCUT2D eigenvalue weighted by atomic mass is 10.1. The van der Waals surface area contributed by atoms with Crippen molar-refractivity contribution in [3.8, 4) is 6.07 Å². The van der Waals surface area contributed by atoms with Gasteiger partial charge < -0.3 is 14.6 Å². The van der Waals surface area contributed by atoms with Crippen LogP contribution in [-0.2, 0) is 27.4 Å². The van der Waals surface area contributed by atoms with Crippen molar-refractivity contribution < 1.29 is 14.3 Å². The molecule has 0 aromatic carbocycles. The number of ether oxygens (including phenoxy) is 1. The number of nitrogens with zero attached hydrogens (tertiary/aromatic N) is 2. The van der Waals surface area contributed by atoms with Crippen LogP contribution in [0.5, 0.6) is 0 Å². The molecular weight excluding hydrogens is 362 g/mol. The van der Waals surface area contributed by atoms with Crippen LogP contribution >= 0.6 is 11.3 Å². The molecule has 142 valence electrons. The molecule has 2 aromatic heterocycles. The Kier molecular flexibility index (Phi) is 7.38. The van der Waals surface area contributed by atoms with Crippen molar-refractivity contribution in [3.05, 3.63) is 51.0 Å². The van der Waals surface area contributed by atoms with E-state index in [9.17, 15) is 14.9 Å². The molecule has 0 aliphatic rings. The first-order valence-corrected chi connectivity index (χ1v) is 9.59. The molecule has 0 unspecified atom stereocenters. The van der Waals surface area contributed by atoms with Gasteiger partial charge in [0.2, 0.25) is 0 Å². The van der Waals surface area contributed by atoms with Gasteiger partial charge in [-0.05, 0) is 49.4 Å². The number of hydrogen-bond acceptors (Lipinski definition) is 5. The van der Waals surface area contributed by atoms with Gasteiger partial charge in [-0.15, -0.1) is 11.3 Å². The maximum absolute atomic E-state index is 12.1. The van der Waals surface area contributed by atoms with Crippen LogP contribution in [0.4, 0.5) is 0 Å². The summed E-state index contributed by atoms with van der Waals surface area (Å²) >= 11 is 1.53. The molecule has 0 spiro atoms. The summed E-state index contributed by atoms with van der Waals surface area (Å²) in [7, 11) is 0. The highest BCUT2D eigenvalue weighted by molar-refractivity contribution is 7.09. The normalized spacial score (nSPS) is 11.1.